The molecule has 0 saturated heterocycles. The van der Waals surface area contributed by atoms with Gasteiger partial charge in [-0.15, -0.1) is 0 Å². The van der Waals surface area contributed by atoms with Gasteiger partial charge in [-0.3, -0.25) is 0 Å². The van der Waals surface area contributed by atoms with Gasteiger partial charge in [-0.05, 0) is 36.8 Å². The Kier molecular flexibility index (Phi) is 2.64. The van der Waals surface area contributed by atoms with Crippen molar-refractivity contribution < 1.29 is 0 Å². The summed E-state index contributed by atoms with van der Waals surface area (Å²) < 4.78 is 0. The van der Waals surface area contributed by atoms with Crippen molar-refractivity contribution in [3.63, 3.8) is 0 Å². The summed E-state index contributed by atoms with van der Waals surface area (Å²) >= 11 is 5.74. The Balaban J connectivity index is 1.77. The third kappa shape index (κ3) is 2.61. The quantitative estimate of drug-likeness (QED) is 0.825. The number of aromatic nitrogens is 1. The minimum Gasteiger partial charge on any atom is -0.370 e. The molecule has 0 amide bonds. The fourth-order valence-electron chi connectivity index (χ4n) is 1.44. The smallest absolute Gasteiger partial charge is 0.125 e. The highest BCUT2D eigenvalue weighted by atomic mass is 35.5. The van der Waals surface area contributed by atoms with Gasteiger partial charge in [0.05, 0.1) is 5.02 Å². The van der Waals surface area contributed by atoms with E-state index in [9.17, 15) is 0 Å². The van der Waals surface area contributed by atoms with Gasteiger partial charge in [0.2, 0.25) is 0 Å². The largest absolute Gasteiger partial charge is 0.370 e. The number of nitrogens with zero attached hydrogens (tertiary/aromatic N) is 1. The average molecular weight is 211 g/mol. The van der Waals surface area contributed by atoms with Gasteiger partial charge in [0.1, 0.15) is 5.82 Å². The zero-order valence-electron chi connectivity index (χ0n) is 8.39. The predicted octanol–water partition coefficient (Wildman–Crippen LogP) is 3.34. The standard InChI is InChI=1S/C11H15ClN2/c1-11(4-5-11)6-7-13-10-3-2-9(12)8-14-10/h2-3,8H,4-7H2,1H3,(H,13,14). The van der Waals surface area contributed by atoms with Gasteiger partial charge in [0.25, 0.3) is 0 Å². The Morgan fingerprint density at radius 1 is 1.50 bits per heavy atom. The molecule has 0 aliphatic heterocycles. The Bertz CT molecular complexity index is 304. The maximum absolute atomic E-state index is 5.74. The van der Waals surface area contributed by atoms with Crippen molar-refractivity contribution in [3.05, 3.63) is 23.4 Å². The molecular formula is C11H15ClN2. The van der Waals surface area contributed by atoms with E-state index in [2.05, 4.69) is 17.2 Å². The summed E-state index contributed by atoms with van der Waals surface area (Å²) in [5.41, 5.74) is 0.611. The minimum atomic E-state index is 0.611. The van der Waals surface area contributed by atoms with E-state index in [0.29, 0.717) is 10.4 Å². The van der Waals surface area contributed by atoms with E-state index >= 15 is 0 Å². The first-order valence-corrected chi connectivity index (χ1v) is 5.41. The van der Waals surface area contributed by atoms with Gasteiger partial charge in [-0.25, -0.2) is 4.98 Å². The van der Waals surface area contributed by atoms with Crippen molar-refractivity contribution in [1.29, 1.82) is 0 Å². The molecule has 2 rings (SSSR count). The zero-order chi connectivity index (χ0) is 10.0. The second kappa shape index (κ2) is 3.77. The van der Waals surface area contributed by atoms with Crippen LogP contribution in [-0.4, -0.2) is 11.5 Å². The topological polar surface area (TPSA) is 24.9 Å². The van der Waals surface area contributed by atoms with Gasteiger partial charge >= 0.3 is 0 Å². The molecule has 1 aromatic heterocycles. The van der Waals surface area contributed by atoms with E-state index < -0.39 is 0 Å². The summed E-state index contributed by atoms with van der Waals surface area (Å²) in [6.07, 6.45) is 5.66. The monoisotopic (exact) mass is 210 g/mol. The first-order valence-electron chi connectivity index (χ1n) is 5.03. The number of hydrogen-bond acceptors (Lipinski definition) is 2. The van der Waals surface area contributed by atoms with Crippen LogP contribution >= 0.6 is 11.6 Å². The SMILES string of the molecule is CC1(CCNc2ccc(Cl)cn2)CC1. The second-order valence-corrected chi connectivity index (χ2v) is 4.79. The summed E-state index contributed by atoms with van der Waals surface area (Å²) in [5, 5.41) is 3.98. The summed E-state index contributed by atoms with van der Waals surface area (Å²) in [7, 11) is 0. The van der Waals surface area contributed by atoms with Crippen LogP contribution in [0.1, 0.15) is 26.2 Å². The molecule has 0 bridgehead atoms. The first-order chi connectivity index (χ1) is 6.68. The van der Waals surface area contributed by atoms with Crippen molar-refractivity contribution >= 4 is 17.4 Å². The number of hydrogen-bond donors (Lipinski definition) is 1. The predicted molar refractivity (Wildman–Crippen MR) is 59.7 cm³/mol. The Morgan fingerprint density at radius 2 is 2.29 bits per heavy atom. The molecule has 1 aromatic rings. The molecule has 1 saturated carbocycles. The van der Waals surface area contributed by atoms with E-state index in [-0.39, 0.29) is 0 Å². The zero-order valence-corrected chi connectivity index (χ0v) is 9.14. The van der Waals surface area contributed by atoms with Crippen LogP contribution in [0.5, 0.6) is 0 Å². The lowest BCUT2D eigenvalue weighted by atomic mass is 10.1. The molecule has 1 heterocycles. The number of pyridine rings is 1. The summed E-state index contributed by atoms with van der Waals surface area (Å²) in [4.78, 5) is 4.18. The molecule has 0 unspecified atom stereocenters. The molecule has 3 heteroatoms. The van der Waals surface area contributed by atoms with Crippen molar-refractivity contribution in [3.8, 4) is 0 Å². The third-order valence-corrected chi connectivity index (χ3v) is 3.09. The first kappa shape index (κ1) is 9.78. The van der Waals surface area contributed by atoms with Gasteiger partial charge in [-0.2, -0.15) is 0 Å². The number of nitrogens with one attached hydrogen (secondary N) is 1. The molecule has 0 aromatic carbocycles. The van der Waals surface area contributed by atoms with Crippen LogP contribution < -0.4 is 5.32 Å². The molecule has 1 aliphatic carbocycles. The molecule has 0 spiro atoms. The van der Waals surface area contributed by atoms with E-state index in [1.54, 1.807) is 6.20 Å². The van der Waals surface area contributed by atoms with Crippen molar-refractivity contribution in [1.82, 2.24) is 4.98 Å². The molecule has 1 fully saturated rings. The van der Waals surface area contributed by atoms with Gasteiger partial charge in [0.15, 0.2) is 0 Å². The lowest BCUT2D eigenvalue weighted by Crippen LogP contribution is -2.07. The minimum absolute atomic E-state index is 0.611. The van der Waals surface area contributed by atoms with Crippen LogP contribution in [-0.2, 0) is 0 Å². The molecule has 0 radical (unpaired) electrons. The molecule has 1 aliphatic rings. The highest BCUT2D eigenvalue weighted by Gasteiger charge is 2.36. The maximum atomic E-state index is 5.74. The molecule has 1 N–H and O–H groups in total. The van der Waals surface area contributed by atoms with E-state index in [0.717, 1.165) is 12.4 Å². The maximum Gasteiger partial charge on any atom is 0.125 e. The third-order valence-electron chi connectivity index (χ3n) is 2.87. The van der Waals surface area contributed by atoms with E-state index in [1.165, 1.54) is 19.3 Å². The Morgan fingerprint density at radius 3 is 2.86 bits per heavy atom. The van der Waals surface area contributed by atoms with Crippen molar-refractivity contribution in [2.24, 2.45) is 5.41 Å². The Hall–Kier alpha value is -0.760. The summed E-state index contributed by atoms with van der Waals surface area (Å²) in [5.74, 6) is 0.915. The van der Waals surface area contributed by atoms with Crippen molar-refractivity contribution in [2.75, 3.05) is 11.9 Å². The Labute approximate surface area is 89.7 Å². The van der Waals surface area contributed by atoms with Crippen LogP contribution in [0.3, 0.4) is 0 Å². The lowest BCUT2D eigenvalue weighted by Gasteiger charge is -2.09. The summed E-state index contributed by atoms with van der Waals surface area (Å²) in [6.45, 7) is 3.34. The molecule has 0 atom stereocenters. The van der Waals surface area contributed by atoms with Crippen LogP contribution in [0.4, 0.5) is 5.82 Å². The number of halogens is 1. The lowest BCUT2D eigenvalue weighted by molar-refractivity contribution is 0.536. The number of anilines is 1. The van der Waals surface area contributed by atoms with Crippen LogP contribution in [0.2, 0.25) is 5.02 Å². The van der Waals surface area contributed by atoms with Gasteiger partial charge < -0.3 is 5.32 Å². The molecule has 76 valence electrons. The fraction of sp³-hybridized carbons (Fsp3) is 0.545. The molecule has 14 heavy (non-hydrogen) atoms. The van der Waals surface area contributed by atoms with Crippen LogP contribution in [0.25, 0.3) is 0 Å². The average Bonchev–Trinajstić information content (AvgIpc) is 2.88. The van der Waals surface area contributed by atoms with E-state index in [4.69, 9.17) is 11.6 Å². The number of rotatable bonds is 4. The van der Waals surface area contributed by atoms with E-state index in [1.807, 2.05) is 12.1 Å². The second-order valence-electron chi connectivity index (χ2n) is 4.35. The van der Waals surface area contributed by atoms with Gasteiger partial charge in [-0.1, -0.05) is 18.5 Å². The van der Waals surface area contributed by atoms with Crippen LogP contribution in [0.15, 0.2) is 18.3 Å². The van der Waals surface area contributed by atoms with Crippen molar-refractivity contribution in [2.45, 2.75) is 26.2 Å². The molecule has 2 nitrogen and oxygen atoms in total. The molecular weight excluding hydrogens is 196 g/mol. The van der Waals surface area contributed by atoms with Gasteiger partial charge in [0, 0.05) is 12.7 Å². The fourth-order valence-corrected chi connectivity index (χ4v) is 1.55. The summed E-state index contributed by atoms with van der Waals surface area (Å²) in [6, 6.07) is 3.77. The van der Waals surface area contributed by atoms with Crippen LogP contribution in [0, 0.1) is 5.41 Å². The highest BCUT2D eigenvalue weighted by molar-refractivity contribution is 6.30. The normalized spacial score (nSPS) is 17.9. The highest BCUT2D eigenvalue weighted by Crippen LogP contribution is 2.47.